The molecule has 1 aromatic heterocycles. The first-order chi connectivity index (χ1) is 13.6. The molecule has 1 heterocycles. The highest BCUT2D eigenvalue weighted by molar-refractivity contribution is 5.76. The van der Waals surface area contributed by atoms with Crippen LogP contribution in [0.3, 0.4) is 0 Å². The SMILES string of the molecule is CC(C)CCn1ccc(-c2ccc(CNC(=O)CC(C)(C)C)cc2)c(C#N)c1=O. The summed E-state index contributed by atoms with van der Waals surface area (Å²) < 4.78 is 1.61. The van der Waals surface area contributed by atoms with Crippen molar-refractivity contribution in [3.8, 4) is 17.2 Å². The minimum absolute atomic E-state index is 0.0263. The van der Waals surface area contributed by atoms with Gasteiger partial charge in [-0.3, -0.25) is 9.59 Å². The Morgan fingerprint density at radius 3 is 2.38 bits per heavy atom. The molecule has 5 nitrogen and oxygen atoms in total. The number of carbonyl (C=O) groups excluding carboxylic acids is 1. The number of nitrogens with one attached hydrogen (secondary N) is 1. The number of aromatic nitrogens is 1. The molecule has 0 bridgehead atoms. The van der Waals surface area contributed by atoms with E-state index in [1.807, 2.05) is 51.1 Å². The zero-order valence-electron chi connectivity index (χ0n) is 18.1. The van der Waals surface area contributed by atoms with E-state index in [0.29, 0.717) is 31.0 Å². The van der Waals surface area contributed by atoms with Gasteiger partial charge < -0.3 is 9.88 Å². The largest absolute Gasteiger partial charge is 0.352 e. The average Bonchev–Trinajstić information content (AvgIpc) is 2.64. The Morgan fingerprint density at radius 2 is 1.83 bits per heavy atom. The normalized spacial score (nSPS) is 11.3. The molecule has 0 saturated carbocycles. The minimum Gasteiger partial charge on any atom is -0.352 e. The van der Waals surface area contributed by atoms with Gasteiger partial charge >= 0.3 is 0 Å². The van der Waals surface area contributed by atoms with Gasteiger partial charge in [0.15, 0.2) is 0 Å². The van der Waals surface area contributed by atoms with E-state index in [-0.39, 0.29) is 22.4 Å². The van der Waals surface area contributed by atoms with Crippen LogP contribution in [0.25, 0.3) is 11.1 Å². The van der Waals surface area contributed by atoms with Crippen molar-refractivity contribution in [1.82, 2.24) is 9.88 Å². The Hall–Kier alpha value is -2.87. The van der Waals surface area contributed by atoms with Crippen molar-refractivity contribution in [2.75, 3.05) is 0 Å². The van der Waals surface area contributed by atoms with Gasteiger partial charge in [0.1, 0.15) is 11.6 Å². The first-order valence-electron chi connectivity index (χ1n) is 10.1. The summed E-state index contributed by atoms with van der Waals surface area (Å²) in [6, 6.07) is 11.5. The first-order valence-corrected chi connectivity index (χ1v) is 10.1. The highest BCUT2D eigenvalue weighted by atomic mass is 16.1. The lowest BCUT2D eigenvalue weighted by Crippen LogP contribution is -2.27. The van der Waals surface area contributed by atoms with Crippen molar-refractivity contribution in [3.05, 3.63) is 58.0 Å². The summed E-state index contributed by atoms with van der Waals surface area (Å²) in [4.78, 5) is 24.6. The predicted molar refractivity (Wildman–Crippen MR) is 116 cm³/mol. The zero-order valence-corrected chi connectivity index (χ0v) is 18.1. The number of pyridine rings is 1. The number of amides is 1. The molecule has 29 heavy (non-hydrogen) atoms. The van der Waals surface area contributed by atoms with Gasteiger partial charge in [-0.05, 0) is 34.9 Å². The van der Waals surface area contributed by atoms with E-state index < -0.39 is 0 Å². The molecular formula is C24H31N3O2. The number of benzene rings is 1. The Labute approximate surface area is 173 Å². The van der Waals surface area contributed by atoms with Crippen molar-refractivity contribution in [3.63, 3.8) is 0 Å². The monoisotopic (exact) mass is 393 g/mol. The van der Waals surface area contributed by atoms with Gasteiger partial charge in [0, 0.05) is 31.3 Å². The van der Waals surface area contributed by atoms with Crippen molar-refractivity contribution in [2.45, 2.75) is 60.5 Å². The lowest BCUT2D eigenvalue weighted by Gasteiger charge is -2.17. The molecule has 2 aromatic rings. The van der Waals surface area contributed by atoms with Crippen LogP contribution in [0.4, 0.5) is 0 Å². The molecule has 154 valence electrons. The van der Waals surface area contributed by atoms with E-state index in [4.69, 9.17) is 0 Å². The van der Waals surface area contributed by atoms with E-state index in [1.54, 1.807) is 10.8 Å². The fraction of sp³-hybridized carbons (Fsp3) is 0.458. The first kappa shape index (κ1) is 22.4. The third-order valence-electron chi connectivity index (χ3n) is 4.67. The Kier molecular flexibility index (Phi) is 7.39. The molecule has 2 rings (SSSR count). The number of nitriles is 1. The van der Waals surface area contributed by atoms with Crippen molar-refractivity contribution < 1.29 is 4.79 Å². The van der Waals surface area contributed by atoms with Crippen LogP contribution >= 0.6 is 0 Å². The third kappa shape index (κ3) is 6.60. The van der Waals surface area contributed by atoms with E-state index in [9.17, 15) is 14.9 Å². The highest BCUT2D eigenvalue weighted by Crippen LogP contribution is 2.22. The summed E-state index contributed by atoms with van der Waals surface area (Å²) in [5, 5.41) is 12.5. The molecule has 5 heteroatoms. The third-order valence-corrected chi connectivity index (χ3v) is 4.67. The molecule has 1 N–H and O–H groups in total. The number of aryl methyl sites for hydroxylation is 1. The van der Waals surface area contributed by atoms with Crippen LogP contribution in [0.5, 0.6) is 0 Å². The molecule has 0 aliphatic heterocycles. The summed E-state index contributed by atoms with van der Waals surface area (Å²) in [6.07, 6.45) is 3.13. The van der Waals surface area contributed by atoms with Crippen LogP contribution in [0.15, 0.2) is 41.3 Å². The molecule has 1 aromatic carbocycles. The lowest BCUT2D eigenvalue weighted by atomic mass is 9.92. The molecular weight excluding hydrogens is 362 g/mol. The summed E-state index contributed by atoms with van der Waals surface area (Å²) in [6.45, 7) is 11.4. The van der Waals surface area contributed by atoms with Crippen molar-refractivity contribution in [2.24, 2.45) is 11.3 Å². The van der Waals surface area contributed by atoms with E-state index in [0.717, 1.165) is 17.5 Å². The summed E-state index contributed by atoms with van der Waals surface area (Å²) in [5.41, 5.74) is 2.31. The molecule has 0 aliphatic rings. The number of hydrogen-bond donors (Lipinski definition) is 1. The van der Waals surface area contributed by atoms with Crippen LogP contribution in [0.2, 0.25) is 0 Å². The molecule has 1 amide bonds. The Balaban J connectivity index is 2.15. The number of hydrogen-bond acceptors (Lipinski definition) is 3. The van der Waals surface area contributed by atoms with Gasteiger partial charge in [-0.25, -0.2) is 0 Å². The topological polar surface area (TPSA) is 74.9 Å². The standard InChI is InChI=1S/C24H31N3O2/c1-17(2)10-12-27-13-11-20(21(15-25)23(27)29)19-8-6-18(7-9-19)16-26-22(28)14-24(3,4)5/h6-9,11,13,17H,10,12,14,16H2,1-5H3,(H,26,28). The van der Waals surface area contributed by atoms with Gasteiger partial charge in [0.25, 0.3) is 5.56 Å². The number of rotatable bonds is 7. The smallest absolute Gasteiger partial charge is 0.269 e. The Bertz CT molecular complexity index is 942. The Morgan fingerprint density at radius 1 is 1.17 bits per heavy atom. The number of carbonyl (C=O) groups is 1. The quantitative estimate of drug-likeness (QED) is 0.753. The second kappa shape index (κ2) is 9.56. The maximum Gasteiger partial charge on any atom is 0.269 e. The summed E-state index contributed by atoms with van der Waals surface area (Å²) in [5.74, 6) is 0.516. The lowest BCUT2D eigenvalue weighted by molar-refractivity contribution is -0.122. The zero-order chi connectivity index (χ0) is 21.6. The summed E-state index contributed by atoms with van der Waals surface area (Å²) >= 11 is 0. The number of nitrogens with zero attached hydrogens (tertiary/aromatic N) is 2. The van der Waals surface area contributed by atoms with Crippen LogP contribution in [-0.2, 0) is 17.9 Å². The molecule has 0 aliphatic carbocycles. The molecule has 0 spiro atoms. The maximum absolute atomic E-state index is 12.7. The van der Waals surface area contributed by atoms with Gasteiger partial charge in [-0.1, -0.05) is 58.9 Å². The van der Waals surface area contributed by atoms with E-state index in [1.165, 1.54) is 0 Å². The molecule has 0 atom stereocenters. The second-order valence-electron chi connectivity index (χ2n) is 9.11. The highest BCUT2D eigenvalue weighted by Gasteiger charge is 2.16. The minimum atomic E-state index is -0.246. The van der Waals surface area contributed by atoms with Crippen molar-refractivity contribution in [1.29, 1.82) is 5.26 Å². The van der Waals surface area contributed by atoms with Gasteiger partial charge in [-0.15, -0.1) is 0 Å². The fourth-order valence-corrected chi connectivity index (χ4v) is 3.04. The van der Waals surface area contributed by atoms with Crippen molar-refractivity contribution >= 4 is 5.91 Å². The van der Waals surface area contributed by atoms with Crippen LogP contribution in [-0.4, -0.2) is 10.5 Å². The maximum atomic E-state index is 12.7. The van der Waals surface area contributed by atoms with Gasteiger partial charge in [-0.2, -0.15) is 5.26 Å². The van der Waals surface area contributed by atoms with Gasteiger partial charge in [0.2, 0.25) is 5.91 Å². The van der Waals surface area contributed by atoms with Crippen LogP contribution in [0, 0.1) is 22.7 Å². The summed E-state index contributed by atoms with van der Waals surface area (Å²) in [7, 11) is 0. The predicted octanol–water partition coefficient (Wildman–Crippen LogP) is 4.49. The van der Waals surface area contributed by atoms with Crippen LogP contribution in [0.1, 0.15) is 58.6 Å². The van der Waals surface area contributed by atoms with E-state index in [2.05, 4.69) is 25.2 Å². The molecule has 0 radical (unpaired) electrons. The molecule has 0 unspecified atom stereocenters. The van der Waals surface area contributed by atoms with Gasteiger partial charge in [0.05, 0.1) is 0 Å². The fourth-order valence-electron chi connectivity index (χ4n) is 3.04. The van der Waals surface area contributed by atoms with Crippen LogP contribution < -0.4 is 10.9 Å². The average molecular weight is 394 g/mol. The van der Waals surface area contributed by atoms with E-state index >= 15 is 0 Å². The second-order valence-corrected chi connectivity index (χ2v) is 9.11. The molecule has 0 fully saturated rings. The molecule has 0 saturated heterocycles.